The van der Waals surface area contributed by atoms with Gasteiger partial charge in [0.05, 0.1) is 15.8 Å². The molecular formula is C10H11ClN2O3S2. The Morgan fingerprint density at radius 1 is 1.44 bits per heavy atom. The van der Waals surface area contributed by atoms with E-state index >= 15 is 0 Å². The molecule has 0 saturated heterocycles. The number of aromatic nitrogens is 1. The first kappa shape index (κ1) is 13.6. The van der Waals surface area contributed by atoms with Crippen LogP contribution in [0.3, 0.4) is 0 Å². The van der Waals surface area contributed by atoms with Gasteiger partial charge in [-0.05, 0) is 18.2 Å². The summed E-state index contributed by atoms with van der Waals surface area (Å²) < 4.78 is 26.9. The van der Waals surface area contributed by atoms with Gasteiger partial charge in [-0.1, -0.05) is 11.6 Å². The fourth-order valence-corrected chi connectivity index (χ4v) is 3.50. The molecular weight excluding hydrogens is 296 g/mol. The Morgan fingerprint density at radius 3 is 2.78 bits per heavy atom. The molecule has 0 atom stereocenters. The van der Waals surface area contributed by atoms with Gasteiger partial charge >= 0.3 is 0 Å². The fourth-order valence-electron chi connectivity index (χ4n) is 1.36. The van der Waals surface area contributed by atoms with Gasteiger partial charge in [0, 0.05) is 23.3 Å². The summed E-state index contributed by atoms with van der Waals surface area (Å²) in [5, 5.41) is 8.87. The van der Waals surface area contributed by atoms with Crippen LogP contribution in [-0.2, 0) is 23.2 Å². The van der Waals surface area contributed by atoms with E-state index in [4.69, 9.17) is 16.7 Å². The van der Waals surface area contributed by atoms with Crippen molar-refractivity contribution in [1.82, 2.24) is 9.71 Å². The highest BCUT2D eigenvalue weighted by Gasteiger charge is 2.15. The highest BCUT2D eigenvalue weighted by Crippen LogP contribution is 2.21. The summed E-state index contributed by atoms with van der Waals surface area (Å²) in [6.07, 6.45) is 1.34. The normalized spacial score (nSPS) is 11.9. The summed E-state index contributed by atoms with van der Waals surface area (Å²) in [4.78, 5) is 3.62. The maximum atomic E-state index is 11.9. The van der Waals surface area contributed by atoms with Crippen LogP contribution < -0.4 is 4.72 Å². The van der Waals surface area contributed by atoms with Crippen molar-refractivity contribution in [3.8, 4) is 0 Å². The van der Waals surface area contributed by atoms with Crippen molar-refractivity contribution in [3.05, 3.63) is 39.3 Å². The molecule has 0 bridgehead atoms. The first-order valence-corrected chi connectivity index (χ1v) is 7.71. The topological polar surface area (TPSA) is 82.2 Å². The number of nitrogens with one attached hydrogen (secondary N) is 2. The van der Waals surface area contributed by atoms with E-state index in [0.717, 1.165) is 4.88 Å². The zero-order valence-corrected chi connectivity index (χ0v) is 11.6. The Hall–Kier alpha value is -0.860. The highest BCUT2D eigenvalue weighted by atomic mass is 35.5. The number of thiophene rings is 1. The van der Waals surface area contributed by atoms with E-state index in [1.165, 1.54) is 23.6 Å². The predicted molar refractivity (Wildman–Crippen MR) is 70.1 cm³/mol. The molecule has 0 aliphatic rings. The molecule has 2 aromatic rings. The van der Waals surface area contributed by atoms with Crippen LogP contribution in [0.1, 0.15) is 10.6 Å². The number of sulfonamides is 1. The zero-order valence-electron chi connectivity index (χ0n) is 9.18. The van der Waals surface area contributed by atoms with Gasteiger partial charge in [0.15, 0.2) is 0 Å². The predicted octanol–water partition coefficient (Wildman–Crippen LogP) is 1.70. The third kappa shape index (κ3) is 3.12. The number of aliphatic hydroxyl groups excluding tert-OH is 1. The van der Waals surface area contributed by atoms with Crippen molar-refractivity contribution in [2.45, 2.75) is 18.0 Å². The van der Waals surface area contributed by atoms with Gasteiger partial charge in [-0.2, -0.15) is 0 Å². The average Bonchev–Trinajstić information content (AvgIpc) is 2.95. The lowest BCUT2D eigenvalue weighted by molar-refractivity contribution is 0.277. The number of hydrogen-bond acceptors (Lipinski definition) is 4. The molecule has 0 aromatic carbocycles. The maximum Gasteiger partial charge on any atom is 0.242 e. The number of rotatable bonds is 5. The van der Waals surface area contributed by atoms with Gasteiger partial charge in [0.2, 0.25) is 10.0 Å². The lowest BCUT2D eigenvalue weighted by Gasteiger charge is -2.02. The monoisotopic (exact) mass is 306 g/mol. The zero-order chi connectivity index (χ0) is 13.2. The second-order valence-corrected chi connectivity index (χ2v) is 7.12. The van der Waals surface area contributed by atoms with Gasteiger partial charge in [-0.25, -0.2) is 13.1 Å². The smallest absolute Gasteiger partial charge is 0.242 e. The molecule has 0 saturated carbocycles. The standard InChI is InChI=1S/C10H11ClN2O3S2/c11-10-2-1-8(17-10)4-13-18(15,16)9-3-7(6-14)12-5-9/h1-3,5,12-14H,4,6H2. The molecule has 0 fully saturated rings. The molecule has 0 radical (unpaired) electrons. The van der Waals surface area contributed by atoms with Gasteiger partial charge in [0.25, 0.3) is 0 Å². The van der Waals surface area contributed by atoms with Gasteiger partial charge < -0.3 is 10.1 Å². The number of aromatic amines is 1. The highest BCUT2D eigenvalue weighted by molar-refractivity contribution is 7.89. The van der Waals surface area contributed by atoms with Crippen molar-refractivity contribution in [2.24, 2.45) is 0 Å². The first-order valence-electron chi connectivity index (χ1n) is 5.03. The largest absolute Gasteiger partial charge is 0.390 e. The van der Waals surface area contributed by atoms with E-state index in [1.807, 2.05) is 0 Å². The van der Waals surface area contributed by atoms with Crippen LogP contribution in [0.15, 0.2) is 29.3 Å². The Kier molecular flexibility index (Phi) is 4.08. The molecule has 18 heavy (non-hydrogen) atoms. The Bertz CT molecular complexity index is 633. The Balaban J connectivity index is 2.07. The van der Waals surface area contributed by atoms with E-state index in [2.05, 4.69) is 9.71 Å². The molecule has 5 nitrogen and oxygen atoms in total. The summed E-state index contributed by atoms with van der Waals surface area (Å²) >= 11 is 7.08. The maximum absolute atomic E-state index is 11.9. The second kappa shape index (κ2) is 5.41. The molecule has 0 spiro atoms. The van der Waals surface area contributed by atoms with Crippen molar-refractivity contribution in [1.29, 1.82) is 0 Å². The summed E-state index contributed by atoms with van der Waals surface area (Å²) in [7, 11) is -3.57. The molecule has 98 valence electrons. The molecule has 2 heterocycles. The third-order valence-electron chi connectivity index (χ3n) is 2.26. The number of aliphatic hydroxyl groups is 1. The summed E-state index contributed by atoms with van der Waals surface area (Å²) in [5.74, 6) is 0. The minimum Gasteiger partial charge on any atom is -0.390 e. The molecule has 0 aliphatic carbocycles. The van der Waals surface area contributed by atoms with Crippen LogP contribution in [0.2, 0.25) is 4.34 Å². The number of halogens is 1. The van der Waals surface area contributed by atoms with E-state index in [-0.39, 0.29) is 18.0 Å². The van der Waals surface area contributed by atoms with E-state index in [9.17, 15) is 8.42 Å². The van der Waals surface area contributed by atoms with Crippen LogP contribution in [0.5, 0.6) is 0 Å². The van der Waals surface area contributed by atoms with Crippen molar-refractivity contribution >= 4 is 33.0 Å². The third-order valence-corrected chi connectivity index (χ3v) is 4.87. The lowest BCUT2D eigenvalue weighted by Crippen LogP contribution is -2.22. The molecule has 2 aromatic heterocycles. The minimum absolute atomic E-state index is 0.106. The molecule has 2 rings (SSSR count). The van der Waals surface area contributed by atoms with E-state index in [1.54, 1.807) is 12.1 Å². The SMILES string of the molecule is O=S(=O)(NCc1ccc(Cl)s1)c1c[nH]c(CO)c1. The van der Waals surface area contributed by atoms with Crippen LogP contribution in [0.25, 0.3) is 0 Å². The minimum atomic E-state index is -3.57. The first-order chi connectivity index (χ1) is 8.51. The summed E-state index contributed by atoms with van der Waals surface area (Å²) in [5.41, 5.74) is 0.453. The molecule has 0 unspecified atom stereocenters. The summed E-state index contributed by atoms with van der Waals surface area (Å²) in [6.45, 7) is -0.0323. The number of hydrogen-bond donors (Lipinski definition) is 3. The van der Waals surface area contributed by atoms with Crippen LogP contribution in [0.4, 0.5) is 0 Å². The van der Waals surface area contributed by atoms with Gasteiger partial charge in [-0.15, -0.1) is 11.3 Å². The van der Waals surface area contributed by atoms with E-state index < -0.39 is 10.0 Å². The second-order valence-electron chi connectivity index (χ2n) is 3.55. The van der Waals surface area contributed by atoms with Crippen molar-refractivity contribution in [2.75, 3.05) is 0 Å². The lowest BCUT2D eigenvalue weighted by atomic mass is 10.5. The Labute approximate surface area is 113 Å². The van der Waals surface area contributed by atoms with Crippen molar-refractivity contribution < 1.29 is 13.5 Å². The van der Waals surface area contributed by atoms with Gasteiger partial charge in [0.1, 0.15) is 0 Å². The Morgan fingerprint density at radius 2 is 2.22 bits per heavy atom. The molecule has 3 N–H and O–H groups in total. The van der Waals surface area contributed by atoms with Crippen LogP contribution in [0, 0.1) is 0 Å². The van der Waals surface area contributed by atoms with Gasteiger partial charge in [-0.3, -0.25) is 0 Å². The van der Waals surface area contributed by atoms with Crippen LogP contribution >= 0.6 is 22.9 Å². The van der Waals surface area contributed by atoms with Crippen LogP contribution in [-0.4, -0.2) is 18.5 Å². The quantitative estimate of drug-likeness (QED) is 0.786. The molecule has 0 aliphatic heterocycles. The molecule has 0 amide bonds. The fraction of sp³-hybridized carbons (Fsp3) is 0.200. The summed E-state index contributed by atoms with van der Waals surface area (Å²) in [6, 6.07) is 4.88. The molecule has 8 heteroatoms. The van der Waals surface area contributed by atoms with Crippen molar-refractivity contribution in [3.63, 3.8) is 0 Å². The number of H-pyrrole nitrogens is 1. The van der Waals surface area contributed by atoms with E-state index in [0.29, 0.717) is 10.0 Å². The average molecular weight is 307 g/mol.